The molecule has 0 aliphatic heterocycles. The lowest BCUT2D eigenvalue weighted by atomic mass is 9.39. The van der Waals surface area contributed by atoms with Crippen molar-refractivity contribution in [3.8, 4) is 11.5 Å². The minimum atomic E-state index is -0.609. The standard InChI is InChI=1S/C28H37NO3/c1-26-12-20-13-27(2,17-26)19-28(14-20,18-26)21-8-10-23(11-9-21)32-16-22(30)15-29-24-6-4-5-7-25(24)31-3/h4-11,20,22,29-30H,12-19H2,1-3H3/t20?,22?,26-,27+,28?. The van der Waals surface area contributed by atoms with Crippen LogP contribution in [0.25, 0.3) is 0 Å². The summed E-state index contributed by atoms with van der Waals surface area (Å²) in [5.74, 6) is 2.49. The second-order valence-electron chi connectivity index (χ2n) is 11.5. The van der Waals surface area contributed by atoms with Crippen LogP contribution in [0.1, 0.15) is 57.9 Å². The Morgan fingerprint density at radius 1 is 0.969 bits per heavy atom. The second kappa shape index (κ2) is 7.98. The summed E-state index contributed by atoms with van der Waals surface area (Å²) in [7, 11) is 1.65. The molecule has 4 aliphatic carbocycles. The Kier molecular flexibility index (Phi) is 5.40. The smallest absolute Gasteiger partial charge is 0.141 e. The highest BCUT2D eigenvalue weighted by Crippen LogP contribution is 2.69. The topological polar surface area (TPSA) is 50.7 Å². The SMILES string of the molecule is COc1ccccc1NCC(O)COc1ccc(C23CC4C[C@@](C)(C2)C[C@](C)(C4)C3)cc1. The fourth-order valence-electron chi connectivity index (χ4n) is 7.94. The van der Waals surface area contributed by atoms with E-state index >= 15 is 0 Å². The first-order valence-corrected chi connectivity index (χ1v) is 12.1. The molecule has 4 nitrogen and oxygen atoms in total. The third-order valence-corrected chi connectivity index (χ3v) is 8.17. The van der Waals surface area contributed by atoms with E-state index in [9.17, 15) is 5.11 Å². The molecule has 4 heteroatoms. The summed E-state index contributed by atoms with van der Waals surface area (Å²) in [6.07, 6.45) is 7.66. The number of benzene rings is 2. The minimum absolute atomic E-state index is 0.255. The van der Waals surface area contributed by atoms with E-state index in [-0.39, 0.29) is 6.61 Å². The molecular formula is C28H37NO3. The molecule has 2 aromatic rings. The van der Waals surface area contributed by atoms with E-state index in [4.69, 9.17) is 9.47 Å². The Labute approximate surface area is 192 Å². The molecule has 0 saturated heterocycles. The summed E-state index contributed by atoms with van der Waals surface area (Å²) in [6, 6.07) is 16.5. The Morgan fingerprint density at radius 2 is 1.66 bits per heavy atom. The number of para-hydroxylation sites is 2. The number of aliphatic hydroxyl groups excluding tert-OH is 1. The first-order chi connectivity index (χ1) is 15.3. The first-order valence-electron chi connectivity index (χ1n) is 12.1. The van der Waals surface area contributed by atoms with Crippen LogP contribution in [0.2, 0.25) is 0 Å². The average Bonchev–Trinajstić information content (AvgIpc) is 2.74. The normalized spacial score (nSPS) is 33.7. The maximum Gasteiger partial charge on any atom is 0.141 e. The Morgan fingerprint density at radius 3 is 2.31 bits per heavy atom. The molecule has 6 rings (SSSR count). The van der Waals surface area contributed by atoms with Gasteiger partial charge in [-0.1, -0.05) is 38.1 Å². The van der Waals surface area contributed by atoms with Crippen molar-refractivity contribution in [2.75, 3.05) is 25.6 Å². The maximum atomic E-state index is 10.4. The van der Waals surface area contributed by atoms with Crippen LogP contribution in [0, 0.1) is 16.7 Å². The number of nitrogens with one attached hydrogen (secondary N) is 1. The highest BCUT2D eigenvalue weighted by atomic mass is 16.5. The van der Waals surface area contributed by atoms with E-state index in [1.165, 1.54) is 44.1 Å². The van der Waals surface area contributed by atoms with Gasteiger partial charge in [-0.15, -0.1) is 0 Å². The van der Waals surface area contributed by atoms with Crippen LogP contribution in [0.3, 0.4) is 0 Å². The lowest BCUT2D eigenvalue weighted by Gasteiger charge is -2.65. The summed E-state index contributed by atoms with van der Waals surface area (Å²) in [5.41, 5.74) is 3.74. The molecule has 3 unspecified atom stereocenters. The molecule has 4 fully saturated rings. The number of ether oxygens (including phenoxy) is 2. The average molecular weight is 436 g/mol. The Bertz CT molecular complexity index is 937. The zero-order valence-electron chi connectivity index (χ0n) is 19.7. The van der Waals surface area contributed by atoms with Gasteiger partial charge in [-0.3, -0.25) is 0 Å². The highest BCUT2D eigenvalue weighted by Gasteiger charge is 2.60. The zero-order chi connectivity index (χ0) is 22.4. The molecule has 0 heterocycles. The Hall–Kier alpha value is -2.20. The van der Waals surface area contributed by atoms with Gasteiger partial charge >= 0.3 is 0 Å². The van der Waals surface area contributed by atoms with Crippen molar-refractivity contribution >= 4 is 5.69 Å². The van der Waals surface area contributed by atoms with Gasteiger partial charge in [0.25, 0.3) is 0 Å². The van der Waals surface area contributed by atoms with Crippen molar-refractivity contribution in [3.63, 3.8) is 0 Å². The summed E-state index contributed by atoms with van der Waals surface area (Å²) >= 11 is 0. The molecule has 0 amide bonds. The lowest BCUT2D eigenvalue weighted by Crippen LogP contribution is -2.56. The molecule has 172 valence electrons. The van der Waals surface area contributed by atoms with E-state index in [1.807, 2.05) is 24.3 Å². The van der Waals surface area contributed by atoms with Gasteiger partial charge in [0.15, 0.2) is 0 Å². The van der Waals surface area contributed by atoms with Crippen LogP contribution in [-0.2, 0) is 5.41 Å². The maximum absolute atomic E-state index is 10.4. The molecule has 2 N–H and O–H groups in total. The fourth-order valence-corrected chi connectivity index (χ4v) is 7.94. The van der Waals surface area contributed by atoms with Crippen molar-refractivity contribution in [3.05, 3.63) is 54.1 Å². The van der Waals surface area contributed by atoms with Crippen molar-refractivity contribution in [2.45, 2.75) is 63.9 Å². The van der Waals surface area contributed by atoms with E-state index in [1.54, 1.807) is 7.11 Å². The largest absolute Gasteiger partial charge is 0.495 e. The third-order valence-electron chi connectivity index (χ3n) is 8.17. The molecule has 0 aromatic heterocycles. The van der Waals surface area contributed by atoms with E-state index < -0.39 is 6.10 Å². The summed E-state index contributed by atoms with van der Waals surface area (Å²) < 4.78 is 11.2. The quantitative estimate of drug-likeness (QED) is 0.551. The van der Waals surface area contributed by atoms with Gasteiger partial charge in [0.05, 0.1) is 12.8 Å². The second-order valence-corrected chi connectivity index (χ2v) is 11.5. The number of hydrogen-bond acceptors (Lipinski definition) is 4. The number of anilines is 1. The van der Waals surface area contributed by atoms with Crippen LogP contribution in [0.4, 0.5) is 5.69 Å². The van der Waals surface area contributed by atoms with Crippen LogP contribution in [0.5, 0.6) is 11.5 Å². The van der Waals surface area contributed by atoms with Gasteiger partial charge in [0.2, 0.25) is 0 Å². The van der Waals surface area contributed by atoms with Crippen molar-refractivity contribution in [1.82, 2.24) is 0 Å². The summed E-state index contributed by atoms with van der Waals surface area (Å²) in [4.78, 5) is 0. The molecule has 4 saturated carbocycles. The van der Waals surface area contributed by atoms with E-state index in [0.717, 1.165) is 23.1 Å². The molecule has 32 heavy (non-hydrogen) atoms. The van der Waals surface area contributed by atoms with E-state index in [2.05, 4.69) is 43.4 Å². The van der Waals surface area contributed by atoms with Gasteiger partial charge in [0, 0.05) is 6.54 Å². The zero-order valence-corrected chi connectivity index (χ0v) is 19.7. The minimum Gasteiger partial charge on any atom is -0.495 e. The van der Waals surface area contributed by atoms with Crippen molar-refractivity contribution in [2.24, 2.45) is 16.7 Å². The van der Waals surface area contributed by atoms with Gasteiger partial charge in [0.1, 0.15) is 24.2 Å². The predicted octanol–water partition coefficient (Wildman–Crippen LogP) is 5.80. The molecule has 0 radical (unpaired) electrons. The number of aliphatic hydroxyl groups is 1. The first kappa shape index (κ1) is 21.6. The third kappa shape index (κ3) is 4.10. The summed E-state index contributed by atoms with van der Waals surface area (Å²) in [6.45, 7) is 5.72. The summed E-state index contributed by atoms with van der Waals surface area (Å²) in [5, 5.41) is 13.6. The molecule has 5 atom stereocenters. The van der Waals surface area contributed by atoms with Crippen molar-refractivity contribution in [1.29, 1.82) is 0 Å². The lowest BCUT2D eigenvalue weighted by molar-refractivity contribution is -0.110. The molecule has 4 bridgehead atoms. The van der Waals surface area contributed by atoms with Gasteiger partial charge in [-0.25, -0.2) is 0 Å². The van der Waals surface area contributed by atoms with Crippen molar-refractivity contribution < 1.29 is 14.6 Å². The number of rotatable bonds is 8. The van der Waals surface area contributed by atoms with Gasteiger partial charge < -0.3 is 19.9 Å². The number of methoxy groups -OCH3 is 1. The Balaban J connectivity index is 1.19. The molecule has 4 aliphatic rings. The van der Waals surface area contributed by atoms with Crippen LogP contribution in [0.15, 0.2) is 48.5 Å². The van der Waals surface area contributed by atoms with Crippen LogP contribution < -0.4 is 14.8 Å². The predicted molar refractivity (Wildman–Crippen MR) is 129 cm³/mol. The van der Waals surface area contributed by atoms with Crippen LogP contribution >= 0.6 is 0 Å². The fraction of sp³-hybridized carbons (Fsp3) is 0.571. The van der Waals surface area contributed by atoms with Crippen LogP contribution in [-0.4, -0.2) is 31.5 Å². The molecule has 2 aromatic carbocycles. The molecular weight excluding hydrogens is 398 g/mol. The van der Waals surface area contributed by atoms with E-state index in [0.29, 0.717) is 22.8 Å². The highest BCUT2D eigenvalue weighted by molar-refractivity contribution is 5.56. The van der Waals surface area contributed by atoms with Gasteiger partial charge in [-0.05, 0) is 90.5 Å². The molecule has 0 spiro atoms. The van der Waals surface area contributed by atoms with Gasteiger partial charge in [-0.2, -0.15) is 0 Å². The monoisotopic (exact) mass is 435 g/mol. The number of hydrogen-bond donors (Lipinski definition) is 2.